The van der Waals surface area contributed by atoms with Gasteiger partial charge in [0.25, 0.3) is 0 Å². The molecule has 0 aliphatic carbocycles. The van der Waals surface area contributed by atoms with Crippen LogP contribution in [-0.4, -0.2) is 22.1 Å². The Balaban J connectivity index is 1.86. The first-order valence-electron chi connectivity index (χ1n) is 8.01. The molecule has 3 rings (SSSR count). The van der Waals surface area contributed by atoms with Gasteiger partial charge >= 0.3 is 5.69 Å². The predicted octanol–water partition coefficient (Wildman–Crippen LogP) is 2.86. The monoisotopic (exact) mass is 353 g/mol. The molecule has 1 aromatic carbocycles. The van der Waals surface area contributed by atoms with Gasteiger partial charge in [-0.15, -0.1) is 0 Å². The quantitative estimate of drug-likeness (QED) is 0.793. The van der Waals surface area contributed by atoms with Gasteiger partial charge in [0.1, 0.15) is 12.4 Å². The molecule has 0 saturated heterocycles. The van der Waals surface area contributed by atoms with Crippen LogP contribution < -0.4 is 15.3 Å². The van der Waals surface area contributed by atoms with Crippen molar-refractivity contribution in [3.05, 3.63) is 51.7 Å². The van der Waals surface area contributed by atoms with Crippen LogP contribution >= 0.6 is 0 Å². The Hall–Kier alpha value is -2.51. The van der Waals surface area contributed by atoms with Crippen molar-refractivity contribution < 1.29 is 17.9 Å². The molecule has 0 unspecified atom stereocenters. The number of hydrogen-bond acceptors (Lipinski definition) is 4. The maximum absolute atomic E-state index is 13.2. The Kier molecular flexibility index (Phi) is 4.69. The first-order chi connectivity index (χ1) is 11.9. The molecule has 5 nitrogen and oxygen atoms in total. The summed E-state index contributed by atoms with van der Waals surface area (Å²) in [6, 6.07) is 3.53. The summed E-state index contributed by atoms with van der Waals surface area (Å²) in [6.07, 6.45) is 0.848. The molecular weight excluding hydrogens is 335 g/mol. The Morgan fingerprint density at radius 3 is 2.48 bits per heavy atom. The molecule has 1 aromatic heterocycles. The molecular formula is C17H18F3N3O2. The molecule has 2 aromatic rings. The lowest BCUT2D eigenvalue weighted by molar-refractivity contribution is 0.288. The number of rotatable bonds is 4. The molecule has 2 heterocycles. The largest absolute Gasteiger partial charge is 0.473 e. The number of ether oxygens (including phenoxy) is 1. The molecule has 0 radical (unpaired) electrons. The van der Waals surface area contributed by atoms with Crippen LogP contribution in [-0.2, 0) is 13.2 Å². The average Bonchev–Trinajstić information content (AvgIpc) is 2.57. The van der Waals surface area contributed by atoms with Crippen molar-refractivity contribution in [1.82, 2.24) is 9.55 Å². The molecule has 0 spiro atoms. The van der Waals surface area contributed by atoms with Gasteiger partial charge < -0.3 is 9.64 Å². The van der Waals surface area contributed by atoms with E-state index in [2.05, 4.69) is 9.88 Å². The van der Waals surface area contributed by atoms with Crippen molar-refractivity contribution >= 4 is 5.82 Å². The van der Waals surface area contributed by atoms with E-state index in [4.69, 9.17) is 4.74 Å². The molecule has 0 saturated carbocycles. The van der Waals surface area contributed by atoms with Crippen LogP contribution in [0.2, 0.25) is 0 Å². The molecule has 0 fully saturated rings. The second-order valence-electron chi connectivity index (χ2n) is 6.19. The maximum atomic E-state index is 13.2. The Bertz CT molecular complexity index is 829. The average molecular weight is 353 g/mol. The fraction of sp³-hybridized carbons (Fsp3) is 0.412. The lowest BCUT2D eigenvalue weighted by Crippen LogP contribution is -2.42. The van der Waals surface area contributed by atoms with Crippen LogP contribution in [0.15, 0.2) is 23.0 Å². The highest BCUT2D eigenvalue weighted by Crippen LogP contribution is 2.24. The van der Waals surface area contributed by atoms with E-state index in [1.807, 2.05) is 13.8 Å². The van der Waals surface area contributed by atoms with E-state index in [-0.39, 0.29) is 24.1 Å². The number of anilines is 1. The summed E-state index contributed by atoms with van der Waals surface area (Å²) in [4.78, 5) is 18.1. The summed E-state index contributed by atoms with van der Waals surface area (Å²) in [5, 5.41) is 0. The van der Waals surface area contributed by atoms with E-state index in [0.717, 1.165) is 25.1 Å². The summed E-state index contributed by atoms with van der Waals surface area (Å²) in [5.41, 5.74) is -0.328. The molecule has 0 atom stereocenters. The molecule has 0 amide bonds. The Morgan fingerprint density at radius 1 is 1.16 bits per heavy atom. The third kappa shape index (κ3) is 3.47. The number of aromatic nitrogens is 2. The first-order valence-corrected chi connectivity index (χ1v) is 8.01. The second-order valence-corrected chi connectivity index (χ2v) is 6.19. The fourth-order valence-corrected chi connectivity index (χ4v) is 2.88. The minimum absolute atomic E-state index is 0.0638. The van der Waals surface area contributed by atoms with Crippen LogP contribution in [0.1, 0.15) is 25.8 Å². The van der Waals surface area contributed by atoms with E-state index in [0.29, 0.717) is 12.4 Å². The Labute approximate surface area is 142 Å². The van der Waals surface area contributed by atoms with Gasteiger partial charge in [0, 0.05) is 25.2 Å². The van der Waals surface area contributed by atoms with Crippen molar-refractivity contribution in [2.75, 3.05) is 11.4 Å². The van der Waals surface area contributed by atoms with Crippen molar-refractivity contribution in [2.45, 2.75) is 39.5 Å². The van der Waals surface area contributed by atoms with Gasteiger partial charge in [0.2, 0.25) is 5.88 Å². The number of hydrogen-bond donors (Lipinski definition) is 0. The van der Waals surface area contributed by atoms with E-state index in [1.54, 1.807) is 10.6 Å². The molecule has 0 N–H and O–H groups in total. The minimum atomic E-state index is -1.53. The van der Waals surface area contributed by atoms with E-state index in [1.165, 1.54) is 0 Å². The van der Waals surface area contributed by atoms with Crippen LogP contribution in [0.4, 0.5) is 19.0 Å². The molecule has 1 aliphatic heterocycles. The summed E-state index contributed by atoms with van der Waals surface area (Å²) < 4.78 is 46.5. The number of halogens is 3. The van der Waals surface area contributed by atoms with Crippen molar-refractivity contribution in [3.63, 3.8) is 0 Å². The molecule has 134 valence electrons. The van der Waals surface area contributed by atoms with Gasteiger partial charge in [-0.2, -0.15) is 4.98 Å². The van der Waals surface area contributed by atoms with Crippen molar-refractivity contribution in [2.24, 2.45) is 0 Å². The topological polar surface area (TPSA) is 47.4 Å². The standard InChI is InChI=1S/C17H18F3N3O2/c1-10(2)22-4-3-5-23-15(22)8-14(21-17(23)24)25-9-11-6-12(18)16(20)13(19)7-11/h6-8,10H,3-5,9H2,1-2H3. The third-order valence-electron chi connectivity index (χ3n) is 4.09. The number of fused-ring (bicyclic) bond motifs is 1. The number of benzene rings is 1. The summed E-state index contributed by atoms with van der Waals surface area (Å²) in [7, 11) is 0. The van der Waals surface area contributed by atoms with Crippen molar-refractivity contribution in [1.29, 1.82) is 0 Å². The van der Waals surface area contributed by atoms with Crippen molar-refractivity contribution in [3.8, 4) is 5.88 Å². The highest BCUT2D eigenvalue weighted by atomic mass is 19.2. The summed E-state index contributed by atoms with van der Waals surface area (Å²) in [5.74, 6) is -3.34. The van der Waals surface area contributed by atoms with E-state index >= 15 is 0 Å². The fourth-order valence-electron chi connectivity index (χ4n) is 2.88. The van der Waals surface area contributed by atoms with E-state index in [9.17, 15) is 18.0 Å². The van der Waals surface area contributed by atoms with Crippen LogP contribution in [0.25, 0.3) is 0 Å². The van der Waals surface area contributed by atoms with Crippen LogP contribution in [0.5, 0.6) is 5.88 Å². The normalized spacial score (nSPS) is 13.9. The highest BCUT2D eigenvalue weighted by molar-refractivity contribution is 5.44. The predicted molar refractivity (Wildman–Crippen MR) is 86.2 cm³/mol. The Morgan fingerprint density at radius 2 is 1.84 bits per heavy atom. The SMILES string of the molecule is CC(C)N1CCCn2c1cc(OCc1cc(F)c(F)c(F)c1)nc2=O. The third-order valence-corrected chi connectivity index (χ3v) is 4.09. The molecule has 1 aliphatic rings. The van der Waals surface area contributed by atoms with E-state index < -0.39 is 23.1 Å². The zero-order chi connectivity index (χ0) is 18.1. The van der Waals surface area contributed by atoms with Crippen LogP contribution in [0.3, 0.4) is 0 Å². The molecule has 8 heteroatoms. The number of nitrogens with zero attached hydrogens (tertiary/aromatic N) is 3. The van der Waals surface area contributed by atoms with Gasteiger partial charge in [-0.25, -0.2) is 18.0 Å². The second kappa shape index (κ2) is 6.78. The van der Waals surface area contributed by atoms with Gasteiger partial charge in [-0.3, -0.25) is 4.57 Å². The van der Waals surface area contributed by atoms with Gasteiger partial charge in [0.15, 0.2) is 17.5 Å². The molecule has 0 bridgehead atoms. The summed E-state index contributed by atoms with van der Waals surface area (Å²) in [6.45, 7) is 5.20. The highest BCUT2D eigenvalue weighted by Gasteiger charge is 2.22. The van der Waals surface area contributed by atoms with Gasteiger partial charge in [-0.05, 0) is 38.0 Å². The minimum Gasteiger partial charge on any atom is -0.473 e. The van der Waals surface area contributed by atoms with Crippen LogP contribution in [0, 0.1) is 17.5 Å². The maximum Gasteiger partial charge on any atom is 0.352 e. The summed E-state index contributed by atoms with van der Waals surface area (Å²) >= 11 is 0. The molecule has 25 heavy (non-hydrogen) atoms. The zero-order valence-corrected chi connectivity index (χ0v) is 13.9. The lowest BCUT2D eigenvalue weighted by atomic mass is 10.2. The smallest absolute Gasteiger partial charge is 0.352 e. The van der Waals surface area contributed by atoms with Gasteiger partial charge in [0.05, 0.1) is 0 Å². The van der Waals surface area contributed by atoms with Gasteiger partial charge in [-0.1, -0.05) is 0 Å². The lowest BCUT2D eigenvalue weighted by Gasteiger charge is -2.34. The first kappa shape index (κ1) is 17.3. The zero-order valence-electron chi connectivity index (χ0n) is 13.9.